The molecular weight excluding hydrogens is 334 g/mol. The fourth-order valence-corrected chi connectivity index (χ4v) is 3.16. The first-order valence-electron chi connectivity index (χ1n) is 7.40. The largest absolute Gasteiger partial charge is 0.338 e. The van der Waals surface area contributed by atoms with Crippen LogP contribution in [-0.4, -0.2) is 59.5 Å². The van der Waals surface area contributed by atoms with Gasteiger partial charge in [-0.05, 0) is 34.8 Å². The molecule has 2 fully saturated rings. The number of amides is 1. The highest BCUT2D eigenvalue weighted by molar-refractivity contribution is 9.10. The van der Waals surface area contributed by atoms with Gasteiger partial charge in [0.05, 0.1) is 10.5 Å². The number of halogens is 1. The molecule has 3 heterocycles. The SMILES string of the molecule is CC1CCNC1C(=O)N1CCN(c2ncc(Br)cn2)CC1. The summed E-state index contributed by atoms with van der Waals surface area (Å²) >= 11 is 3.34. The van der Waals surface area contributed by atoms with Crippen LogP contribution in [0.15, 0.2) is 16.9 Å². The maximum Gasteiger partial charge on any atom is 0.240 e. The van der Waals surface area contributed by atoms with Crippen molar-refractivity contribution in [2.24, 2.45) is 5.92 Å². The topological polar surface area (TPSA) is 61.4 Å². The summed E-state index contributed by atoms with van der Waals surface area (Å²) in [6, 6.07) is 0.000445. The summed E-state index contributed by atoms with van der Waals surface area (Å²) < 4.78 is 0.876. The molecule has 1 amide bonds. The number of rotatable bonds is 2. The Hall–Kier alpha value is -1.21. The minimum atomic E-state index is 0.000445. The highest BCUT2D eigenvalue weighted by Gasteiger charge is 2.34. The van der Waals surface area contributed by atoms with E-state index in [4.69, 9.17) is 0 Å². The molecule has 1 aromatic rings. The second-order valence-corrected chi connectivity index (χ2v) is 6.63. The molecular formula is C14H20BrN5O. The summed E-state index contributed by atoms with van der Waals surface area (Å²) in [4.78, 5) is 25.2. The number of nitrogens with one attached hydrogen (secondary N) is 1. The van der Waals surface area contributed by atoms with Crippen molar-refractivity contribution in [3.63, 3.8) is 0 Å². The fourth-order valence-electron chi connectivity index (χ4n) is 2.96. The number of carbonyl (C=O) groups excluding carboxylic acids is 1. The Balaban J connectivity index is 1.57. The molecule has 2 aliphatic rings. The van der Waals surface area contributed by atoms with E-state index in [2.05, 4.69) is 43.0 Å². The molecule has 0 aliphatic carbocycles. The van der Waals surface area contributed by atoms with Gasteiger partial charge in [0, 0.05) is 38.6 Å². The van der Waals surface area contributed by atoms with Gasteiger partial charge < -0.3 is 15.1 Å². The highest BCUT2D eigenvalue weighted by Crippen LogP contribution is 2.18. The Kier molecular flexibility index (Phi) is 4.40. The second-order valence-electron chi connectivity index (χ2n) is 5.71. The van der Waals surface area contributed by atoms with Crippen LogP contribution in [0.2, 0.25) is 0 Å². The molecule has 0 radical (unpaired) electrons. The van der Waals surface area contributed by atoms with Crippen molar-refractivity contribution in [1.82, 2.24) is 20.2 Å². The average molecular weight is 354 g/mol. The highest BCUT2D eigenvalue weighted by atomic mass is 79.9. The molecule has 0 spiro atoms. The van der Waals surface area contributed by atoms with Crippen LogP contribution in [0.3, 0.4) is 0 Å². The summed E-state index contributed by atoms with van der Waals surface area (Å²) in [5.74, 6) is 1.42. The van der Waals surface area contributed by atoms with Crippen LogP contribution in [0.5, 0.6) is 0 Å². The maximum atomic E-state index is 12.5. The molecule has 1 N–H and O–H groups in total. The molecule has 2 unspecified atom stereocenters. The van der Waals surface area contributed by atoms with Gasteiger partial charge in [-0.25, -0.2) is 9.97 Å². The lowest BCUT2D eigenvalue weighted by Crippen LogP contribution is -2.54. The fraction of sp³-hybridized carbons (Fsp3) is 0.643. The van der Waals surface area contributed by atoms with E-state index in [9.17, 15) is 4.79 Å². The number of hydrogen-bond acceptors (Lipinski definition) is 5. The van der Waals surface area contributed by atoms with E-state index in [-0.39, 0.29) is 11.9 Å². The van der Waals surface area contributed by atoms with Gasteiger partial charge in [-0.1, -0.05) is 6.92 Å². The molecule has 3 rings (SSSR count). The lowest BCUT2D eigenvalue weighted by molar-refractivity contribution is -0.134. The molecule has 6 nitrogen and oxygen atoms in total. The first-order valence-corrected chi connectivity index (χ1v) is 8.19. The molecule has 2 saturated heterocycles. The maximum absolute atomic E-state index is 12.5. The third-order valence-corrected chi connectivity index (χ3v) is 4.69. The van der Waals surface area contributed by atoms with Crippen molar-refractivity contribution in [3.8, 4) is 0 Å². The molecule has 2 atom stereocenters. The first kappa shape index (κ1) is 14.7. The Morgan fingerprint density at radius 2 is 1.95 bits per heavy atom. The van der Waals surface area contributed by atoms with Crippen LogP contribution in [0.25, 0.3) is 0 Å². The number of aromatic nitrogens is 2. The van der Waals surface area contributed by atoms with Crippen molar-refractivity contribution in [1.29, 1.82) is 0 Å². The summed E-state index contributed by atoms with van der Waals surface area (Å²) in [5.41, 5.74) is 0. The monoisotopic (exact) mass is 353 g/mol. The molecule has 114 valence electrons. The van der Waals surface area contributed by atoms with Gasteiger partial charge in [-0.15, -0.1) is 0 Å². The van der Waals surface area contributed by atoms with Crippen LogP contribution < -0.4 is 10.2 Å². The third-order valence-electron chi connectivity index (χ3n) is 4.28. The minimum absolute atomic E-state index is 0.000445. The van der Waals surface area contributed by atoms with Crippen molar-refractivity contribution in [2.45, 2.75) is 19.4 Å². The number of nitrogens with zero attached hydrogens (tertiary/aromatic N) is 4. The zero-order valence-corrected chi connectivity index (χ0v) is 13.7. The Bertz CT molecular complexity index is 501. The standard InChI is InChI=1S/C14H20BrN5O/c1-10-2-3-16-12(10)13(21)19-4-6-20(7-5-19)14-17-8-11(15)9-18-14/h8-10,12,16H,2-7H2,1H3. The van der Waals surface area contributed by atoms with Crippen LogP contribution >= 0.6 is 15.9 Å². The Labute approximate surface area is 133 Å². The van der Waals surface area contributed by atoms with E-state index < -0.39 is 0 Å². The number of hydrogen-bond donors (Lipinski definition) is 1. The summed E-state index contributed by atoms with van der Waals surface area (Å²) in [7, 11) is 0. The molecule has 0 bridgehead atoms. The van der Waals surface area contributed by atoms with E-state index in [0.717, 1.165) is 49.6 Å². The van der Waals surface area contributed by atoms with Crippen LogP contribution in [0.4, 0.5) is 5.95 Å². The van der Waals surface area contributed by atoms with Crippen LogP contribution in [0, 0.1) is 5.92 Å². The predicted molar refractivity (Wildman–Crippen MR) is 84.1 cm³/mol. The van der Waals surface area contributed by atoms with Crippen molar-refractivity contribution < 1.29 is 4.79 Å². The lowest BCUT2D eigenvalue weighted by atomic mass is 10.0. The zero-order chi connectivity index (χ0) is 14.8. The van der Waals surface area contributed by atoms with Gasteiger partial charge in [0.25, 0.3) is 0 Å². The van der Waals surface area contributed by atoms with Gasteiger partial charge in [-0.3, -0.25) is 4.79 Å². The summed E-state index contributed by atoms with van der Waals surface area (Å²) in [5, 5.41) is 3.32. The van der Waals surface area contributed by atoms with Crippen molar-refractivity contribution in [3.05, 3.63) is 16.9 Å². The lowest BCUT2D eigenvalue weighted by Gasteiger charge is -2.36. The van der Waals surface area contributed by atoms with E-state index in [1.165, 1.54) is 0 Å². The van der Waals surface area contributed by atoms with E-state index in [0.29, 0.717) is 5.92 Å². The van der Waals surface area contributed by atoms with Gasteiger partial charge in [0.1, 0.15) is 0 Å². The Morgan fingerprint density at radius 3 is 2.52 bits per heavy atom. The normalized spacial score (nSPS) is 26.2. The van der Waals surface area contributed by atoms with Crippen molar-refractivity contribution >= 4 is 27.8 Å². The minimum Gasteiger partial charge on any atom is -0.338 e. The smallest absolute Gasteiger partial charge is 0.240 e. The number of anilines is 1. The Morgan fingerprint density at radius 1 is 1.29 bits per heavy atom. The van der Waals surface area contributed by atoms with Gasteiger partial charge in [0.2, 0.25) is 11.9 Å². The summed E-state index contributed by atoms with van der Waals surface area (Å²) in [6.45, 7) is 6.15. The van der Waals surface area contributed by atoms with Gasteiger partial charge in [-0.2, -0.15) is 0 Å². The first-order chi connectivity index (χ1) is 10.1. The van der Waals surface area contributed by atoms with E-state index in [1.54, 1.807) is 12.4 Å². The molecule has 0 saturated carbocycles. The zero-order valence-electron chi connectivity index (χ0n) is 12.1. The second kappa shape index (κ2) is 6.27. The molecule has 7 heteroatoms. The van der Waals surface area contributed by atoms with Crippen LogP contribution in [-0.2, 0) is 4.79 Å². The van der Waals surface area contributed by atoms with Gasteiger partial charge >= 0.3 is 0 Å². The quantitative estimate of drug-likeness (QED) is 0.855. The molecule has 21 heavy (non-hydrogen) atoms. The average Bonchev–Trinajstić information content (AvgIpc) is 2.94. The van der Waals surface area contributed by atoms with Crippen molar-refractivity contribution in [2.75, 3.05) is 37.6 Å². The number of carbonyl (C=O) groups is 1. The van der Waals surface area contributed by atoms with Gasteiger partial charge in [0.15, 0.2) is 0 Å². The third kappa shape index (κ3) is 3.18. The molecule has 2 aliphatic heterocycles. The van der Waals surface area contributed by atoms with E-state index in [1.807, 2.05) is 4.90 Å². The predicted octanol–water partition coefficient (Wildman–Crippen LogP) is 0.886. The molecule has 1 aromatic heterocycles. The number of piperazine rings is 1. The van der Waals surface area contributed by atoms with Crippen LogP contribution in [0.1, 0.15) is 13.3 Å². The summed E-state index contributed by atoms with van der Waals surface area (Å²) in [6.07, 6.45) is 4.59. The van der Waals surface area contributed by atoms with E-state index >= 15 is 0 Å². The molecule has 0 aromatic carbocycles.